The van der Waals surface area contributed by atoms with Crippen LogP contribution in [0, 0.1) is 0 Å². The minimum atomic E-state index is 0.490. The molecular formula is C10H9NO2. The lowest BCUT2D eigenvalue weighted by molar-refractivity contribution is 0.111. The minimum Gasteiger partial charge on any atom is -0.494 e. The first-order valence-electron chi connectivity index (χ1n) is 3.96. The van der Waals surface area contributed by atoms with Gasteiger partial charge in [-0.1, -0.05) is 12.1 Å². The van der Waals surface area contributed by atoms with Crippen molar-refractivity contribution in [1.29, 1.82) is 0 Å². The first-order valence-corrected chi connectivity index (χ1v) is 3.96. The van der Waals surface area contributed by atoms with Crippen molar-refractivity contribution in [3.8, 4) is 5.75 Å². The lowest BCUT2D eigenvalue weighted by Crippen LogP contribution is -1.86. The molecule has 3 heteroatoms. The van der Waals surface area contributed by atoms with Gasteiger partial charge in [-0.25, -0.2) is 0 Å². The number of carbonyl (C=O) groups excluding carboxylic acids is 1. The Morgan fingerprint density at radius 1 is 1.38 bits per heavy atom. The number of methoxy groups -OCH3 is 1. The highest BCUT2D eigenvalue weighted by Crippen LogP contribution is 2.28. The van der Waals surface area contributed by atoms with E-state index in [0.29, 0.717) is 11.4 Å². The molecule has 3 nitrogen and oxygen atoms in total. The number of nitrogens with one attached hydrogen (secondary N) is 1. The number of hydrogen-bond donors (Lipinski definition) is 1. The molecule has 1 heterocycles. The average Bonchev–Trinajstić information content (AvgIpc) is 2.55. The van der Waals surface area contributed by atoms with Crippen molar-refractivity contribution in [2.45, 2.75) is 0 Å². The van der Waals surface area contributed by atoms with Crippen LogP contribution in [0.3, 0.4) is 0 Å². The number of aromatic amines is 1. The van der Waals surface area contributed by atoms with E-state index in [1.807, 2.05) is 24.3 Å². The van der Waals surface area contributed by atoms with Gasteiger partial charge in [0.2, 0.25) is 0 Å². The zero-order valence-electron chi connectivity index (χ0n) is 7.20. The third-order valence-corrected chi connectivity index (χ3v) is 2.01. The molecule has 0 bridgehead atoms. The third-order valence-electron chi connectivity index (χ3n) is 2.01. The second-order valence-electron chi connectivity index (χ2n) is 2.74. The van der Waals surface area contributed by atoms with Crippen molar-refractivity contribution < 1.29 is 9.53 Å². The fraction of sp³-hybridized carbons (Fsp3) is 0.100. The highest BCUT2D eigenvalue weighted by molar-refractivity contribution is 5.95. The van der Waals surface area contributed by atoms with E-state index in [0.717, 1.165) is 17.2 Å². The first-order chi connectivity index (χ1) is 6.36. The SMILES string of the molecule is COc1c(C=O)[nH]c2ccccc12. The fourth-order valence-electron chi connectivity index (χ4n) is 1.44. The molecule has 0 aliphatic carbocycles. The van der Waals surface area contributed by atoms with Gasteiger partial charge in [0.1, 0.15) is 5.69 Å². The van der Waals surface area contributed by atoms with Crippen molar-refractivity contribution in [2.24, 2.45) is 0 Å². The van der Waals surface area contributed by atoms with Crippen LogP contribution in [-0.4, -0.2) is 18.4 Å². The summed E-state index contributed by atoms with van der Waals surface area (Å²) >= 11 is 0. The monoisotopic (exact) mass is 175 g/mol. The summed E-state index contributed by atoms with van der Waals surface area (Å²) in [5, 5.41) is 0.937. The number of hydrogen-bond acceptors (Lipinski definition) is 2. The zero-order valence-corrected chi connectivity index (χ0v) is 7.20. The molecule has 0 fully saturated rings. The van der Waals surface area contributed by atoms with Crippen LogP contribution in [0.15, 0.2) is 24.3 Å². The van der Waals surface area contributed by atoms with E-state index in [4.69, 9.17) is 4.74 Å². The van der Waals surface area contributed by atoms with Gasteiger partial charge in [0.05, 0.1) is 7.11 Å². The molecule has 0 atom stereocenters. The quantitative estimate of drug-likeness (QED) is 0.709. The summed E-state index contributed by atoms with van der Waals surface area (Å²) in [4.78, 5) is 13.6. The normalized spacial score (nSPS) is 10.2. The maximum absolute atomic E-state index is 10.6. The predicted molar refractivity (Wildman–Crippen MR) is 50.2 cm³/mol. The third kappa shape index (κ3) is 1.09. The molecule has 0 amide bonds. The number of aldehydes is 1. The predicted octanol–water partition coefficient (Wildman–Crippen LogP) is 1.99. The molecule has 0 radical (unpaired) electrons. The largest absolute Gasteiger partial charge is 0.494 e. The smallest absolute Gasteiger partial charge is 0.170 e. The standard InChI is InChI=1S/C10H9NO2/c1-13-10-7-4-2-3-5-8(7)11-9(10)6-12/h2-6,11H,1H3. The van der Waals surface area contributed by atoms with Gasteiger partial charge in [0.15, 0.2) is 12.0 Å². The first kappa shape index (κ1) is 7.86. The van der Waals surface area contributed by atoms with Gasteiger partial charge in [-0.05, 0) is 12.1 Å². The lowest BCUT2D eigenvalue weighted by Gasteiger charge is -1.96. The van der Waals surface area contributed by atoms with E-state index in [1.54, 1.807) is 7.11 Å². The number of aromatic nitrogens is 1. The molecule has 13 heavy (non-hydrogen) atoms. The number of para-hydroxylation sites is 1. The summed E-state index contributed by atoms with van der Waals surface area (Å²) in [7, 11) is 1.56. The molecule has 0 saturated heterocycles. The van der Waals surface area contributed by atoms with Crippen LogP contribution >= 0.6 is 0 Å². The molecule has 0 saturated carbocycles. The van der Waals surface area contributed by atoms with E-state index in [9.17, 15) is 4.79 Å². The summed E-state index contributed by atoms with van der Waals surface area (Å²) in [6, 6.07) is 7.64. The molecule has 66 valence electrons. The van der Waals surface area contributed by atoms with Gasteiger partial charge in [-0.15, -0.1) is 0 Å². The van der Waals surface area contributed by atoms with Crippen LogP contribution in [-0.2, 0) is 0 Å². The van der Waals surface area contributed by atoms with Crippen molar-refractivity contribution in [3.63, 3.8) is 0 Å². The molecular weight excluding hydrogens is 166 g/mol. The van der Waals surface area contributed by atoms with Crippen molar-refractivity contribution >= 4 is 17.2 Å². The van der Waals surface area contributed by atoms with E-state index in [1.165, 1.54) is 0 Å². The van der Waals surface area contributed by atoms with E-state index in [2.05, 4.69) is 4.98 Å². The molecule has 0 spiro atoms. The summed E-state index contributed by atoms with van der Waals surface area (Å²) in [5.41, 5.74) is 1.41. The van der Waals surface area contributed by atoms with Crippen LogP contribution in [0.5, 0.6) is 5.75 Å². The number of benzene rings is 1. The van der Waals surface area contributed by atoms with Gasteiger partial charge in [-0.2, -0.15) is 0 Å². The lowest BCUT2D eigenvalue weighted by atomic mass is 10.2. The van der Waals surface area contributed by atoms with E-state index >= 15 is 0 Å². The average molecular weight is 175 g/mol. The van der Waals surface area contributed by atoms with Crippen molar-refractivity contribution in [2.75, 3.05) is 7.11 Å². The van der Waals surface area contributed by atoms with Gasteiger partial charge >= 0.3 is 0 Å². The number of rotatable bonds is 2. The molecule has 0 unspecified atom stereocenters. The Morgan fingerprint density at radius 2 is 2.15 bits per heavy atom. The molecule has 1 aromatic carbocycles. The summed E-state index contributed by atoms with van der Waals surface area (Å²) in [6.45, 7) is 0. The van der Waals surface area contributed by atoms with Crippen LogP contribution in [0.25, 0.3) is 10.9 Å². The summed E-state index contributed by atoms with van der Waals surface area (Å²) in [6.07, 6.45) is 0.763. The highest BCUT2D eigenvalue weighted by atomic mass is 16.5. The number of fused-ring (bicyclic) bond motifs is 1. The molecule has 2 rings (SSSR count). The maximum atomic E-state index is 10.6. The zero-order chi connectivity index (χ0) is 9.26. The maximum Gasteiger partial charge on any atom is 0.170 e. The molecule has 2 aromatic rings. The molecule has 1 aromatic heterocycles. The number of H-pyrrole nitrogens is 1. The van der Waals surface area contributed by atoms with Gasteiger partial charge in [0, 0.05) is 10.9 Å². The van der Waals surface area contributed by atoms with Gasteiger partial charge < -0.3 is 9.72 Å². The van der Waals surface area contributed by atoms with Crippen LogP contribution < -0.4 is 4.74 Å². The minimum absolute atomic E-state index is 0.490. The number of ether oxygens (including phenoxy) is 1. The Labute approximate surface area is 75.3 Å². The Hall–Kier alpha value is -1.77. The van der Waals surface area contributed by atoms with Crippen LogP contribution in [0.4, 0.5) is 0 Å². The topological polar surface area (TPSA) is 42.1 Å². The summed E-state index contributed by atoms with van der Waals surface area (Å²) < 4.78 is 5.13. The van der Waals surface area contributed by atoms with E-state index in [-0.39, 0.29) is 0 Å². The Bertz CT molecular complexity index is 445. The molecule has 0 aliphatic rings. The van der Waals surface area contributed by atoms with Crippen molar-refractivity contribution in [3.05, 3.63) is 30.0 Å². The summed E-state index contributed by atoms with van der Waals surface area (Å²) in [5.74, 6) is 0.616. The molecule has 1 N–H and O–H groups in total. The Balaban J connectivity index is 2.81. The van der Waals surface area contributed by atoms with Gasteiger partial charge in [0.25, 0.3) is 0 Å². The van der Waals surface area contributed by atoms with Crippen LogP contribution in [0.1, 0.15) is 10.5 Å². The molecule has 0 aliphatic heterocycles. The Kier molecular flexibility index (Phi) is 1.77. The fourth-order valence-corrected chi connectivity index (χ4v) is 1.44. The van der Waals surface area contributed by atoms with Crippen molar-refractivity contribution in [1.82, 2.24) is 4.98 Å². The number of carbonyl (C=O) groups is 1. The second kappa shape index (κ2) is 2.94. The second-order valence-corrected chi connectivity index (χ2v) is 2.74. The van der Waals surface area contributed by atoms with Gasteiger partial charge in [-0.3, -0.25) is 4.79 Å². The van der Waals surface area contributed by atoms with E-state index < -0.39 is 0 Å². The van der Waals surface area contributed by atoms with Crippen LogP contribution in [0.2, 0.25) is 0 Å². The highest BCUT2D eigenvalue weighted by Gasteiger charge is 2.09. The Morgan fingerprint density at radius 3 is 2.85 bits per heavy atom.